The maximum atomic E-state index is 11.5. The summed E-state index contributed by atoms with van der Waals surface area (Å²) in [5, 5.41) is 1.57. The van der Waals surface area contributed by atoms with Crippen molar-refractivity contribution in [1.29, 1.82) is 0 Å². The number of hydrogen-bond donors (Lipinski definition) is 1. The van der Waals surface area contributed by atoms with Gasteiger partial charge in [0.25, 0.3) is 0 Å². The number of alkyl halides is 1. The summed E-state index contributed by atoms with van der Waals surface area (Å²) in [6, 6.07) is -0.358. The molecule has 0 rings (SSSR count). The molecular weight excluding hydrogens is 216 g/mol. The molecule has 0 saturated heterocycles. The first-order valence-electron chi connectivity index (χ1n) is 5.26. The van der Waals surface area contributed by atoms with Crippen LogP contribution in [0.15, 0.2) is 0 Å². The van der Waals surface area contributed by atoms with Crippen LogP contribution >= 0.6 is 11.6 Å². The van der Waals surface area contributed by atoms with E-state index >= 15 is 0 Å². The van der Waals surface area contributed by atoms with Crippen molar-refractivity contribution in [2.24, 2.45) is 0 Å². The van der Waals surface area contributed by atoms with Gasteiger partial charge in [-0.15, -0.1) is 11.6 Å². The fourth-order valence-electron chi connectivity index (χ4n) is 1.04. The second kappa shape index (κ2) is 7.51. The van der Waals surface area contributed by atoms with E-state index in [9.17, 15) is 9.59 Å². The van der Waals surface area contributed by atoms with Crippen molar-refractivity contribution in [1.82, 2.24) is 10.2 Å². The average molecular weight is 235 g/mol. The van der Waals surface area contributed by atoms with Crippen molar-refractivity contribution in [2.45, 2.75) is 39.0 Å². The number of hydrogen-bond acceptors (Lipinski definition) is 2. The Morgan fingerprint density at radius 3 is 2.40 bits per heavy atom. The highest BCUT2D eigenvalue weighted by Gasteiger charge is 2.16. The molecule has 1 unspecified atom stereocenters. The molecule has 4 nitrogen and oxygen atoms in total. The summed E-state index contributed by atoms with van der Waals surface area (Å²) >= 11 is 5.54. The smallest absolute Gasteiger partial charge is 0.324 e. The summed E-state index contributed by atoms with van der Waals surface area (Å²) in [5.74, 6) is -0.448. The number of urea groups is 1. The number of carbonyl (C=O) groups is 2. The molecule has 1 N–H and O–H groups in total. The van der Waals surface area contributed by atoms with E-state index in [1.165, 1.54) is 6.92 Å². The molecule has 15 heavy (non-hydrogen) atoms. The molecule has 0 aliphatic rings. The Labute approximate surface area is 96.0 Å². The molecule has 1 atom stereocenters. The number of carbonyl (C=O) groups excluding carboxylic acids is 2. The Kier molecular flexibility index (Phi) is 7.13. The lowest BCUT2D eigenvalue weighted by Crippen LogP contribution is -2.45. The fraction of sp³-hybridized carbons (Fsp3) is 0.800. The van der Waals surface area contributed by atoms with Crippen LogP contribution in [0.4, 0.5) is 4.79 Å². The average Bonchev–Trinajstić information content (AvgIpc) is 2.18. The zero-order valence-electron chi connectivity index (χ0n) is 9.55. The molecule has 0 bridgehead atoms. The lowest BCUT2D eigenvalue weighted by atomic mass is 10.3. The van der Waals surface area contributed by atoms with Crippen LogP contribution in [-0.2, 0) is 4.79 Å². The summed E-state index contributed by atoms with van der Waals surface area (Å²) in [4.78, 5) is 24.3. The van der Waals surface area contributed by atoms with Crippen LogP contribution in [0.1, 0.15) is 33.6 Å². The first-order chi connectivity index (χ1) is 7.02. The summed E-state index contributed by atoms with van der Waals surface area (Å²) in [6.07, 6.45) is 1.95. The number of amides is 3. The third kappa shape index (κ3) is 5.62. The summed E-state index contributed by atoms with van der Waals surface area (Å²) in [5.41, 5.74) is 0. The van der Waals surface area contributed by atoms with Crippen molar-refractivity contribution in [3.8, 4) is 0 Å². The molecule has 0 saturated carbocycles. The molecule has 0 aliphatic carbocycles. The number of nitrogens with zero attached hydrogens (tertiary/aromatic N) is 1. The Morgan fingerprint density at radius 2 is 2.00 bits per heavy atom. The van der Waals surface area contributed by atoms with Crippen LogP contribution in [0.2, 0.25) is 0 Å². The van der Waals surface area contributed by atoms with Gasteiger partial charge in [0.15, 0.2) is 0 Å². The zero-order valence-corrected chi connectivity index (χ0v) is 10.3. The predicted molar refractivity (Wildman–Crippen MR) is 61.0 cm³/mol. The van der Waals surface area contributed by atoms with Gasteiger partial charge in [0.1, 0.15) is 5.38 Å². The van der Waals surface area contributed by atoms with E-state index in [1.54, 1.807) is 4.90 Å². The van der Waals surface area contributed by atoms with Crippen molar-refractivity contribution >= 4 is 23.5 Å². The Morgan fingerprint density at radius 1 is 1.40 bits per heavy atom. The SMILES string of the molecule is CCCCN(CC)C(=O)NC(=O)C(C)Cl. The Hall–Kier alpha value is -0.770. The second-order valence-electron chi connectivity index (χ2n) is 3.34. The molecule has 0 radical (unpaired) electrons. The number of halogens is 1. The summed E-state index contributed by atoms with van der Waals surface area (Å²) < 4.78 is 0. The molecule has 0 aromatic heterocycles. The lowest BCUT2D eigenvalue weighted by molar-refractivity contribution is -0.119. The second-order valence-corrected chi connectivity index (χ2v) is 4.00. The molecule has 0 heterocycles. The summed E-state index contributed by atoms with van der Waals surface area (Å²) in [6.45, 7) is 6.73. The third-order valence-electron chi connectivity index (χ3n) is 2.04. The first kappa shape index (κ1) is 14.2. The van der Waals surface area contributed by atoms with Crippen molar-refractivity contribution < 1.29 is 9.59 Å². The van der Waals surface area contributed by atoms with Crippen molar-refractivity contribution in [2.75, 3.05) is 13.1 Å². The number of imide groups is 1. The van der Waals surface area contributed by atoms with E-state index in [0.717, 1.165) is 12.8 Å². The highest BCUT2D eigenvalue weighted by Crippen LogP contribution is 1.97. The van der Waals surface area contributed by atoms with Gasteiger partial charge >= 0.3 is 6.03 Å². The third-order valence-corrected chi connectivity index (χ3v) is 2.24. The minimum Gasteiger partial charge on any atom is -0.325 e. The normalized spacial score (nSPS) is 12.0. The zero-order chi connectivity index (χ0) is 11.8. The van der Waals surface area contributed by atoms with Gasteiger partial charge in [0.2, 0.25) is 5.91 Å². The van der Waals surface area contributed by atoms with Crippen LogP contribution in [0, 0.1) is 0 Å². The molecule has 0 fully saturated rings. The molecule has 3 amide bonds. The maximum Gasteiger partial charge on any atom is 0.324 e. The minimum atomic E-state index is -0.682. The van der Waals surface area contributed by atoms with E-state index < -0.39 is 11.3 Å². The monoisotopic (exact) mass is 234 g/mol. The summed E-state index contributed by atoms with van der Waals surface area (Å²) in [7, 11) is 0. The molecule has 88 valence electrons. The highest BCUT2D eigenvalue weighted by atomic mass is 35.5. The van der Waals surface area contributed by atoms with Gasteiger partial charge in [-0.05, 0) is 20.3 Å². The van der Waals surface area contributed by atoms with Gasteiger partial charge in [-0.2, -0.15) is 0 Å². The quantitative estimate of drug-likeness (QED) is 0.740. The van der Waals surface area contributed by atoms with E-state index in [-0.39, 0.29) is 6.03 Å². The van der Waals surface area contributed by atoms with E-state index in [1.807, 2.05) is 6.92 Å². The lowest BCUT2D eigenvalue weighted by Gasteiger charge is -2.20. The molecule has 0 aromatic carbocycles. The highest BCUT2D eigenvalue weighted by molar-refractivity contribution is 6.31. The fourth-order valence-corrected chi connectivity index (χ4v) is 1.09. The first-order valence-corrected chi connectivity index (χ1v) is 5.70. The number of nitrogens with one attached hydrogen (secondary N) is 1. The predicted octanol–water partition coefficient (Wildman–Crippen LogP) is 1.97. The van der Waals surface area contributed by atoms with Crippen LogP contribution in [0.25, 0.3) is 0 Å². The van der Waals surface area contributed by atoms with E-state index in [2.05, 4.69) is 12.2 Å². The topological polar surface area (TPSA) is 49.4 Å². The van der Waals surface area contributed by atoms with Crippen LogP contribution < -0.4 is 5.32 Å². The van der Waals surface area contributed by atoms with Gasteiger partial charge in [-0.1, -0.05) is 13.3 Å². The van der Waals surface area contributed by atoms with E-state index in [4.69, 9.17) is 11.6 Å². The van der Waals surface area contributed by atoms with E-state index in [0.29, 0.717) is 13.1 Å². The van der Waals surface area contributed by atoms with Gasteiger partial charge < -0.3 is 4.90 Å². The molecule has 5 heteroatoms. The minimum absolute atomic E-state index is 0.358. The largest absolute Gasteiger partial charge is 0.325 e. The molecule has 0 aliphatic heterocycles. The maximum absolute atomic E-state index is 11.5. The number of rotatable bonds is 5. The van der Waals surface area contributed by atoms with Gasteiger partial charge in [-0.25, -0.2) is 4.79 Å². The van der Waals surface area contributed by atoms with Gasteiger partial charge in [0, 0.05) is 13.1 Å². The van der Waals surface area contributed by atoms with Crippen molar-refractivity contribution in [3.05, 3.63) is 0 Å². The molecule has 0 spiro atoms. The Balaban J connectivity index is 4.09. The van der Waals surface area contributed by atoms with Crippen LogP contribution in [-0.4, -0.2) is 35.3 Å². The van der Waals surface area contributed by atoms with Gasteiger partial charge in [-0.3, -0.25) is 10.1 Å². The molecule has 0 aromatic rings. The number of unbranched alkanes of at least 4 members (excludes halogenated alkanes) is 1. The van der Waals surface area contributed by atoms with Gasteiger partial charge in [0.05, 0.1) is 0 Å². The van der Waals surface area contributed by atoms with Crippen LogP contribution in [0.3, 0.4) is 0 Å². The van der Waals surface area contributed by atoms with Crippen LogP contribution in [0.5, 0.6) is 0 Å². The standard InChI is InChI=1S/C10H19ClN2O2/c1-4-6-7-13(5-2)10(15)12-9(14)8(3)11/h8H,4-7H2,1-3H3,(H,12,14,15). The Bertz CT molecular complexity index is 219. The molecular formula is C10H19ClN2O2. The van der Waals surface area contributed by atoms with Crippen molar-refractivity contribution in [3.63, 3.8) is 0 Å².